The first-order chi connectivity index (χ1) is 14.8. The molecular weight excluding hydrogens is 418 g/mol. The van der Waals surface area contributed by atoms with Gasteiger partial charge in [0.15, 0.2) is 0 Å². The monoisotopic (exact) mass is 447 g/mol. The number of carbonyl (C=O) groups excluding carboxylic acids is 3. The Bertz CT molecular complexity index is 1010. The van der Waals surface area contributed by atoms with Gasteiger partial charge in [-0.05, 0) is 30.9 Å². The summed E-state index contributed by atoms with van der Waals surface area (Å²) >= 11 is 0. The van der Waals surface area contributed by atoms with Crippen LogP contribution in [0.15, 0.2) is 28.6 Å². The van der Waals surface area contributed by atoms with E-state index < -0.39 is 21.6 Å². The lowest BCUT2D eigenvalue weighted by atomic mass is 9.81. The standard InChI is InChI=1S/C22H29N3O5S/c1-24-19-7-4-3-6-17(19)18(14-20(24)26)21(27)23-31(29)10-5-8-25(9-11-31)22(28)15-12-16(13-15)30-2/h3-4,6-7,15-16,18H,5,8-14H2,1-2H3. The molecule has 4 rings (SSSR count). The van der Waals surface area contributed by atoms with Gasteiger partial charge in [0.25, 0.3) is 5.91 Å². The second-order valence-electron chi connectivity index (χ2n) is 8.58. The zero-order valence-corrected chi connectivity index (χ0v) is 18.8. The van der Waals surface area contributed by atoms with Crippen molar-refractivity contribution in [3.05, 3.63) is 29.8 Å². The molecule has 3 aliphatic rings. The van der Waals surface area contributed by atoms with Crippen LogP contribution < -0.4 is 4.90 Å². The maximum atomic E-state index is 13.4. The summed E-state index contributed by atoms with van der Waals surface area (Å²) < 4.78 is 22.8. The summed E-state index contributed by atoms with van der Waals surface area (Å²) in [5, 5.41) is 0. The van der Waals surface area contributed by atoms with Gasteiger partial charge >= 0.3 is 0 Å². The maximum Gasteiger partial charge on any atom is 0.261 e. The first-order valence-electron chi connectivity index (χ1n) is 10.7. The minimum atomic E-state index is -2.77. The highest BCUT2D eigenvalue weighted by Crippen LogP contribution is 2.36. The van der Waals surface area contributed by atoms with Gasteiger partial charge < -0.3 is 14.5 Å². The molecule has 0 N–H and O–H groups in total. The first kappa shape index (κ1) is 22.0. The van der Waals surface area contributed by atoms with Crippen LogP contribution in [0.5, 0.6) is 0 Å². The number of nitrogens with zero attached hydrogens (tertiary/aromatic N) is 3. The van der Waals surface area contributed by atoms with Crippen molar-refractivity contribution in [3.63, 3.8) is 0 Å². The Hall–Kier alpha value is -2.26. The van der Waals surface area contributed by atoms with E-state index in [1.54, 1.807) is 30.0 Å². The summed E-state index contributed by atoms with van der Waals surface area (Å²) in [7, 11) is 0.569. The lowest BCUT2D eigenvalue weighted by Gasteiger charge is -2.36. The molecule has 0 bridgehead atoms. The van der Waals surface area contributed by atoms with Crippen molar-refractivity contribution in [2.75, 3.05) is 43.7 Å². The van der Waals surface area contributed by atoms with Gasteiger partial charge in [-0.25, -0.2) is 4.21 Å². The summed E-state index contributed by atoms with van der Waals surface area (Å²) in [5.74, 6) is -0.837. The molecule has 2 heterocycles. The predicted octanol–water partition coefficient (Wildman–Crippen LogP) is 1.79. The zero-order valence-electron chi connectivity index (χ0n) is 18.0. The van der Waals surface area contributed by atoms with Gasteiger partial charge in [0.1, 0.15) is 0 Å². The van der Waals surface area contributed by atoms with Crippen LogP contribution in [0.25, 0.3) is 0 Å². The highest BCUT2D eigenvalue weighted by atomic mass is 32.2. The molecule has 9 heteroatoms. The molecule has 0 aromatic heterocycles. The van der Waals surface area contributed by atoms with E-state index in [1.807, 2.05) is 18.2 Å². The molecule has 2 atom stereocenters. The largest absolute Gasteiger partial charge is 0.381 e. The van der Waals surface area contributed by atoms with Gasteiger partial charge in [-0.1, -0.05) is 18.2 Å². The third kappa shape index (κ3) is 4.39. The Kier molecular flexibility index (Phi) is 6.16. The van der Waals surface area contributed by atoms with Crippen LogP contribution in [0.3, 0.4) is 0 Å². The number of anilines is 1. The van der Waals surface area contributed by atoms with Crippen molar-refractivity contribution in [1.29, 1.82) is 0 Å². The number of methoxy groups -OCH3 is 1. The number of hydrogen-bond donors (Lipinski definition) is 0. The fourth-order valence-electron chi connectivity index (χ4n) is 4.57. The summed E-state index contributed by atoms with van der Waals surface area (Å²) in [5.41, 5.74) is 1.43. The minimum absolute atomic E-state index is 0.0261. The number of hydrogen-bond acceptors (Lipinski definition) is 5. The Labute approximate surface area is 183 Å². The number of fused-ring (bicyclic) bond motifs is 1. The van der Waals surface area contributed by atoms with Crippen molar-refractivity contribution in [2.24, 2.45) is 10.3 Å². The number of ether oxygens (including phenoxy) is 1. The van der Waals surface area contributed by atoms with E-state index in [9.17, 15) is 18.6 Å². The smallest absolute Gasteiger partial charge is 0.261 e. The third-order valence-corrected chi connectivity index (χ3v) is 8.90. The number of para-hydroxylation sites is 1. The van der Waals surface area contributed by atoms with Crippen molar-refractivity contribution in [1.82, 2.24) is 4.90 Å². The number of benzene rings is 1. The Morgan fingerprint density at radius 1 is 1.16 bits per heavy atom. The summed E-state index contributed by atoms with van der Waals surface area (Å²) in [4.78, 5) is 41.4. The molecule has 1 aromatic carbocycles. The van der Waals surface area contributed by atoms with Crippen LogP contribution in [0, 0.1) is 5.92 Å². The van der Waals surface area contributed by atoms with Gasteiger partial charge in [0.05, 0.1) is 21.8 Å². The van der Waals surface area contributed by atoms with E-state index in [0.29, 0.717) is 25.2 Å². The molecule has 0 spiro atoms. The minimum Gasteiger partial charge on any atom is -0.381 e. The Balaban J connectivity index is 1.48. The van der Waals surface area contributed by atoms with Crippen LogP contribution in [0.2, 0.25) is 0 Å². The van der Waals surface area contributed by atoms with Gasteiger partial charge in [0, 0.05) is 56.8 Å². The van der Waals surface area contributed by atoms with E-state index >= 15 is 0 Å². The van der Waals surface area contributed by atoms with E-state index in [0.717, 1.165) is 18.4 Å². The van der Waals surface area contributed by atoms with E-state index in [-0.39, 0.29) is 41.8 Å². The Morgan fingerprint density at radius 2 is 1.90 bits per heavy atom. The molecule has 1 saturated heterocycles. The van der Waals surface area contributed by atoms with E-state index in [4.69, 9.17) is 4.74 Å². The number of amides is 3. The van der Waals surface area contributed by atoms with Crippen LogP contribution in [0.1, 0.15) is 37.2 Å². The second kappa shape index (κ2) is 8.70. The SMILES string of the molecule is COC1CC(C(=O)N2CCCS(=O)(=NC(=O)C3CC(=O)N(C)c4ccccc43)CC2)C1. The van der Waals surface area contributed by atoms with Gasteiger partial charge in [-0.2, -0.15) is 4.36 Å². The highest BCUT2D eigenvalue weighted by molar-refractivity contribution is 7.93. The number of carbonyl (C=O) groups is 3. The van der Waals surface area contributed by atoms with Crippen LogP contribution in [-0.4, -0.2) is 71.7 Å². The zero-order chi connectivity index (χ0) is 22.2. The molecule has 8 nitrogen and oxygen atoms in total. The first-order valence-corrected chi connectivity index (χ1v) is 12.6. The molecule has 168 valence electrons. The normalized spacial score (nSPS) is 30.8. The maximum absolute atomic E-state index is 13.4. The predicted molar refractivity (Wildman–Crippen MR) is 117 cm³/mol. The van der Waals surface area contributed by atoms with Crippen molar-refractivity contribution in [2.45, 2.75) is 37.7 Å². The molecule has 0 radical (unpaired) electrons. The average molecular weight is 448 g/mol. The summed E-state index contributed by atoms with van der Waals surface area (Å²) in [6.45, 7) is 0.870. The lowest BCUT2D eigenvalue weighted by molar-refractivity contribution is -0.143. The van der Waals surface area contributed by atoms with Crippen LogP contribution in [0.4, 0.5) is 5.69 Å². The number of rotatable bonds is 3. The van der Waals surface area contributed by atoms with Gasteiger partial charge in [0.2, 0.25) is 11.8 Å². The van der Waals surface area contributed by atoms with Crippen molar-refractivity contribution >= 4 is 33.1 Å². The molecule has 2 fully saturated rings. The summed E-state index contributed by atoms with van der Waals surface area (Å²) in [6, 6.07) is 7.27. The molecule has 31 heavy (non-hydrogen) atoms. The molecule has 2 unspecified atom stereocenters. The van der Waals surface area contributed by atoms with Crippen LogP contribution in [-0.2, 0) is 28.8 Å². The van der Waals surface area contributed by atoms with Crippen molar-refractivity contribution in [3.8, 4) is 0 Å². The Morgan fingerprint density at radius 3 is 2.65 bits per heavy atom. The molecular formula is C22H29N3O5S. The quantitative estimate of drug-likeness (QED) is 0.704. The van der Waals surface area contributed by atoms with Crippen molar-refractivity contribution < 1.29 is 23.3 Å². The molecule has 1 saturated carbocycles. The van der Waals surface area contributed by atoms with Gasteiger partial charge in [-0.3, -0.25) is 14.4 Å². The fourth-order valence-corrected chi connectivity index (χ4v) is 6.50. The summed E-state index contributed by atoms with van der Waals surface area (Å²) in [6.07, 6.45) is 2.18. The van der Waals surface area contributed by atoms with Gasteiger partial charge in [-0.15, -0.1) is 0 Å². The van der Waals surface area contributed by atoms with E-state index in [2.05, 4.69) is 4.36 Å². The molecule has 1 aliphatic carbocycles. The highest BCUT2D eigenvalue weighted by Gasteiger charge is 2.38. The fraction of sp³-hybridized carbons (Fsp3) is 0.591. The molecule has 1 aromatic rings. The average Bonchev–Trinajstić information content (AvgIpc) is 2.91. The second-order valence-corrected chi connectivity index (χ2v) is 11.1. The van der Waals surface area contributed by atoms with E-state index in [1.165, 1.54) is 0 Å². The third-order valence-electron chi connectivity index (χ3n) is 6.64. The lowest BCUT2D eigenvalue weighted by Crippen LogP contribution is -2.45. The topological polar surface area (TPSA) is 96.3 Å². The van der Waals surface area contributed by atoms with Crippen LogP contribution >= 0.6 is 0 Å². The molecule has 3 amide bonds. The molecule has 2 aliphatic heterocycles.